The molecule has 0 atom stereocenters. The van der Waals surface area contributed by atoms with Gasteiger partial charge in [0.05, 0.1) is 7.11 Å². The molecular weight excluding hydrogens is 344 g/mol. The Morgan fingerprint density at radius 2 is 1.95 bits per heavy atom. The zero-order valence-electron chi connectivity index (χ0n) is 12.2. The molecule has 20 heavy (non-hydrogen) atoms. The molecular formula is C13H21BrN2O3S. The predicted molar refractivity (Wildman–Crippen MR) is 84.4 cm³/mol. The highest BCUT2D eigenvalue weighted by Gasteiger charge is 2.21. The summed E-state index contributed by atoms with van der Waals surface area (Å²) in [7, 11) is -2.22. The van der Waals surface area contributed by atoms with Crippen LogP contribution in [0.15, 0.2) is 21.5 Å². The van der Waals surface area contributed by atoms with Gasteiger partial charge in [-0.3, -0.25) is 0 Å². The number of hydrogen-bond acceptors (Lipinski definition) is 4. The van der Waals surface area contributed by atoms with Crippen LogP contribution in [0.3, 0.4) is 0 Å². The van der Waals surface area contributed by atoms with Gasteiger partial charge in [-0.1, -0.05) is 20.8 Å². The lowest BCUT2D eigenvalue weighted by Crippen LogP contribution is -2.28. The first-order chi connectivity index (χ1) is 9.07. The van der Waals surface area contributed by atoms with Gasteiger partial charge in [0.15, 0.2) is 0 Å². The molecule has 0 aliphatic heterocycles. The highest BCUT2D eigenvalue weighted by Crippen LogP contribution is 2.32. The van der Waals surface area contributed by atoms with Crippen molar-refractivity contribution in [1.29, 1.82) is 0 Å². The molecule has 3 N–H and O–H groups in total. The van der Waals surface area contributed by atoms with Crippen LogP contribution in [0.25, 0.3) is 0 Å². The van der Waals surface area contributed by atoms with E-state index in [9.17, 15) is 8.42 Å². The third-order valence-corrected chi connectivity index (χ3v) is 4.91. The van der Waals surface area contributed by atoms with E-state index in [4.69, 9.17) is 10.5 Å². The van der Waals surface area contributed by atoms with Gasteiger partial charge in [-0.2, -0.15) is 0 Å². The molecule has 0 aromatic heterocycles. The zero-order valence-corrected chi connectivity index (χ0v) is 14.6. The third-order valence-electron chi connectivity index (χ3n) is 2.74. The second-order valence-corrected chi connectivity index (χ2v) is 8.32. The van der Waals surface area contributed by atoms with Gasteiger partial charge in [0.1, 0.15) is 10.6 Å². The summed E-state index contributed by atoms with van der Waals surface area (Å²) in [4.78, 5) is 0.0506. The number of benzene rings is 1. The third kappa shape index (κ3) is 4.64. The predicted octanol–water partition coefficient (Wildman–Crippen LogP) is 2.75. The van der Waals surface area contributed by atoms with Crippen molar-refractivity contribution in [3.8, 4) is 5.75 Å². The summed E-state index contributed by atoms with van der Waals surface area (Å²) in [5, 5.41) is 0. The van der Waals surface area contributed by atoms with Crippen LogP contribution >= 0.6 is 15.9 Å². The summed E-state index contributed by atoms with van der Waals surface area (Å²) in [6.07, 6.45) is 0.737. The van der Waals surface area contributed by atoms with Crippen LogP contribution in [-0.2, 0) is 10.0 Å². The fourth-order valence-corrected chi connectivity index (χ4v) is 3.10. The van der Waals surface area contributed by atoms with Crippen molar-refractivity contribution in [1.82, 2.24) is 4.72 Å². The fraction of sp³-hybridized carbons (Fsp3) is 0.538. The van der Waals surface area contributed by atoms with Crippen LogP contribution in [-0.4, -0.2) is 22.1 Å². The summed E-state index contributed by atoms with van der Waals surface area (Å²) < 4.78 is 32.9. The maximum absolute atomic E-state index is 12.3. The molecule has 0 heterocycles. The molecule has 1 aromatic rings. The van der Waals surface area contributed by atoms with E-state index in [1.165, 1.54) is 13.2 Å². The van der Waals surface area contributed by atoms with E-state index in [0.717, 1.165) is 6.42 Å². The van der Waals surface area contributed by atoms with Gasteiger partial charge in [-0.25, -0.2) is 13.1 Å². The molecule has 0 unspecified atom stereocenters. The Labute approximate surface area is 129 Å². The minimum absolute atomic E-state index is 0.0506. The van der Waals surface area contributed by atoms with E-state index < -0.39 is 10.0 Å². The van der Waals surface area contributed by atoms with E-state index in [1.54, 1.807) is 6.07 Å². The van der Waals surface area contributed by atoms with Crippen molar-refractivity contribution >= 4 is 31.6 Å². The van der Waals surface area contributed by atoms with Crippen LogP contribution in [0.4, 0.5) is 5.69 Å². The average Bonchev–Trinajstić information content (AvgIpc) is 2.29. The molecule has 0 radical (unpaired) electrons. The van der Waals surface area contributed by atoms with Gasteiger partial charge in [0.2, 0.25) is 10.0 Å². The summed E-state index contributed by atoms with van der Waals surface area (Å²) in [6, 6.07) is 2.94. The summed E-state index contributed by atoms with van der Waals surface area (Å²) in [5.41, 5.74) is 6.15. The van der Waals surface area contributed by atoms with E-state index in [0.29, 0.717) is 16.7 Å². The number of ether oxygens (including phenoxy) is 1. The zero-order chi connectivity index (χ0) is 15.6. The second-order valence-electron chi connectivity index (χ2n) is 5.73. The average molecular weight is 365 g/mol. The van der Waals surface area contributed by atoms with Gasteiger partial charge < -0.3 is 10.5 Å². The number of anilines is 1. The van der Waals surface area contributed by atoms with Gasteiger partial charge in [-0.15, -0.1) is 0 Å². The van der Waals surface area contributed by atoms with Crippen LogP contribution in [0.5, 0.6) is 5.75 Å². The second kappa shape index (κ2) is 6.32. The Hall–Kier alpha value is -0.790. The number of nitrogen functional groups attached to an aromatic ring is 1. The molecule has 5 nitrogen and oxygen atoms in total. The van der Waals surface area contributed by atoms with Crippen molar-refractivity contribution in [2.75, 3.05) is 19.4 Å². The molecule has 0 saturated carbocycles. The molecule has 0 fully saturated rings. The number of sulfonamides is 1. The van der Waals surface area contributed by atoms with E-state index in [1.807, 2.05) is 0 Å². The van der Waals surface area contributed by atoms with Crippen LogP contribution in [0.2, 0.25) is 0 Å². The quantitative estimate of drug-likeness (QED) is 0.787. The largest absolute Gasteiger partial charge is 0.495 e. The van der Waals surface area contributed by atoms with Crippen molar-refractivity contribution in [3.63, 3.8) is 0 Å². The Kier molecular flexibility index (Phi) is 5.46. The topological polar surface area (TPSA) is 81.4 Å². The first-order valence-electron chi connectivity index (χ1n) is 6.19. The Morgan fingerprint density at radius 3 is 2.45 bits per heavy atom. The number of nitrogens with one attached hydrogen (secondary N) is 1. The molecule has 7 heteroatoms. The molecule has 0 spiro atoms. The van der Waals surface area contributed by atoms with Crippen molar-refractivity contribution in [2.24, 2.45) is 5.41 Å². The van der Waals surface area contributed by atoms with Crippen LogP contribution < -0.4 is 15.2 Å². The summed E-state index contributed by atoms with van der Waals surface area (Å²) in [5.74, 6) is 0.259. The standard InChI is InChI=1S/C13H21BrN2O3S/c1-13(2,3)5-6-16-20(17,18)12-8-10(15)9(14)7-11(12)19-4/h7-8,16H,5-6,15H2,1-4H3. The fourth-order valence-electron chi connectivity index (χ4n) is 1.56. The van der Waals surface area contributed by atoms with Crippen molar-refractivity contribution in [2.45, 2.75) is 32.1 Å². The molecule has 0 bridgehead atoms. The van der Waals surface area contributed by atoms with Gasteiger partial charge >= 0.3 is 0 Å². The van der Waals surface area contributed by atoms with Crippen LogP contribution in [0, 0.1) is 5.41 Å². The first kappa shape index (κ1) is 17.3. The van der Waals surface area contributed by atoms with Crippen molar-refractivity contribution < 1.29 is 13.2 Å². The number of hydrogen-bond donors (Lipinski definition) is 2. The maximum atomic E-state index is 12.3. The Balaban J connectivity index is 3.01. The van der Waals surface area contributed by atoms with E-state index in [-0.39, 0.29) is 16.1 Å². The monoisotopic (exact) mass is 364 g/mol. The molecule has 0 amide bonds. The lowest BCUT2D eigenvalue weighted by Gasteiger charge is -2.18. The maximum Gasteiger partial charge on any atom is 0.244 e. The number of methoxy groups -OCH3 is 1. The molecule has 1 aromatic carbocycles. The van der Waals surface area contributed by atoms with E-state index in [2.05, 4.69) is 41.4 Å². The first-order valence-corrected chi connectivity index (χ1v) is 8.47. The number of halogens is 1. The summed E-state index contributed by atoms with van der Waals surface area (Å²) in [6.45, 7) is 6.53. The van der Waals surface area contributed by atoms with Gasteiger partial charge in [0, 0.05) is 16.7 Å². The van der Waals surface area contributed by atoms with Gasteiger partial charge in [-0.05, 0) is 39.9 Å². The van der Waals surface area contributed by atoms with E-state index >= 15 is 0 Å². The Morgan fingerprint density at radius 1 is 1.35 bits per heavy atom. The smallest absolute Gasteiger partial charge is 0.244 e. The van der Waals surface area contributed by atoms with Crippen LogP contribution in [0.1, 0.15) is 27.2 Å². The molecule has 114 valence electrons. The number of nitrogens with two attached hydrogens (primary N) is 1. The lowest BCUT2D eigenvalue weighted by molar-refractivity contribution is 0.377. The SMILES string of the molecule is COc1cc(Br)c(N)cc1S(=O)(=O)NCCC(C)(C)C. The molecule has 0 aliphatic rings. The number of rotatable bonds is 5. The highest BCUT2D eigenvalue weighted by atomic mass is 79.9. The lowest BCUT2D eigenvalue weighted by atomic mass is 9.93. The van der Waals surface area contributed by atoms with Gasteiger partial charge in [0.25, 0.3) is 0 Å². The molecule has 0 aliphatic carbocycles. The minimum Gasteiger partial charge on any atom is -0.495 e. The molecule has 1 rings (SSSR count). The van der Waals surface area contributed by atoms with Crippen molar-refractivity contribution in [3.05, 3.63) is 16.6 Å². The normalized spacial score (nSPS) is 12.4. The molecule has 0 saturated heterocycles. The highest BCUT2D eigenvalue weighted by molar-refractivity contribution is 9.10. The summed E-state index contributed by atoms with van der Waals surface area (Å²) >= 11 is 3.25. The Bertz CT molecular complexity index is 580. The minimum atomic E-state index is -3.64.